The number of aliphatic hydroxyl groups excluding tert-OH is 1. The number of amides is 4. The third-order valence-electron chi connectivity index (χ3n) is 7.80. The van der Waals surface area contributed by atoms with Gasteiger partial charge in [-0.2, -0.15) is 0 Å². The topological polar surface area (TPSA) is 128 Å². The Balaban J connectivity index is 1.51. The molecule has 10 heteroatoms. The highest BCUT2D eigenvalue weighted by atomic mass is 32.2. The van der Waals surface area contributed by atoms with Crippen molar-refractivity contribution < 1.29 is 24.3 Å². The van der Waals surface area contributed by atoms with Crippen LogP contribution in [0.3, 0.4) is 0 Å². The van der Waals surface area contributed by atoms with Crippen LogP contribution < -0.4 is 16.0 Å². The predicted molar refractivity (Wildman–Crippen MR) is 172 cm³/mol. The molecule has 0 bridgehead atoms. The van der Waals surface area contributed by atoms with Crippen molar-refractivity contribution in [3.05, 3.63) is 107 Å². The standard InChI is InChI=1S/C34H40N4O5S/c1-22-10-8-9-13-27(22)20-36-32(42)30-34(3,4)44-21-38(30)33(43)29(40)28(18-24-11-6-5-7-12-24)37-31(41)26-16-14-25(15-17-26)19-35-23(2)39/h5-17,28-30,40H,18-21H2,1-4H3,(H,35,39)(H,36,42)(H,37,41)/t28-,29-,30+/m0/s1. The number of carbonyl (C=O) groups is 4. The fraction of sp³-hybridized carbons (Fsp3) is 0.353. The quantitative estimate of drug-likeness (QED) is 0.262. The first-order valence-corrected chi connectivity index (χ1v) is 15.6. The van der Waals surface area contributed by atoms with Gasteiger partial charge in [-0.15, -0.1) is 11.8 Å². The first-order valence-electron chi connectivity index (χ1n) is 14.6. The molecule has 1 fully saturated rings. The number of hydrogen-bond donors (Lipinski definition) is 4. The van der Waals surface area contributed by atoms with Crippen LogP contribution in [0.5, 0.6) is 0 Å². The smallest absolute Gasteiger partial charge is 0.254 e. The Kier molecular flexibility index (Phi) is 10.8. The maximum Gasteiger partial charge on any atom is 0.254 e. The van der Waals surface area contributed by atoms with Crippen molar-refractivity contribution in [2.75, 3.05) is 5.88 Å². The van der Waals surface area contributed by atoms with Crippen molar-refractivity contribution in [3.8, 4) is 0 Å². The number of benzene rings is 3. The molecule has 232 valence electrons. The third-order valence-corrected chi connectivity index (χ3v) is 9.17. The highest BCUT2D eigenvalue weighted by molar-refractivity contribution is 8.00. The molecular formula is C34H40N4O5S. The summed E-state index contributed by atoms with van der Waals surface area (Å²) >= 11 is 1.47. The minimum atomic E-state index is -1.60. The molecule has 4 rings (SSSR count). The Morgan fingerprint density at radius 1 is 0.909 bits per heavy atom. The van der Waals surface area contributed by atoms with Gasteiger partial charge in [0.1, 0.15) is 6.04 Å². The molecule has 0 saturated carbocycles. The molecule has 4 amide bonds. The maximum atomic E-state index is 13.9. The molecular weight excluding hydrogens is 576 g/mol. The fourth-order valence-electron chi connectivity index (χ4n) is 5.20. The van der Waals surface area contributed by atoms with Crippen LogP contribution in [0.25, 0.3) is 0 Å². The Hall–Kier alpha value is -4.15. The normalized spacial score (nSPS) is 16.9. The molecule has 1 aliphatic rings. The second kappa shape index (κ2) is 14.5. The van der Waals surface area contributed by atoms with Gasteiger partial charge in [0, 0.05) is 30.3 Å². The second-order valence-corrected chi connectivity index (χ2v) is 13.2. The number of hydrogen-bond acceptors (Lipinski definition) is 6. The lowest BCUT2D eigenvalue weighted by Gasteiger charge is -2.33. The zero-order valence-corrected chi connectivity index (χ0v) is 26.3. The zero-order chi connectivity index (χ0) is 31.9. The molecule has 1 heterocycles. The van der Waals surface area contributed by atoms with Crippen molar-refractivity contribution in [2.45, 2.75) is 70.1 Å². The van der Waals surface area contributed by atoms with Crippen molar-refractivity contribution in [2.24, 2.45) is 0 Å². The van der Waals surface area contributed by atoms with Crippen LogP contribution in [-0.2, 0) is 33.9 Å². The van der Waals surface area contributed by atoms with Crippen molar-refractivity contribution in [3.63, 3.8) is 0 Å². The molecule has 3 aromatic carbocycles. The summed E-state index contributed by atoms with van der Waals surface area (Å²) in [5, 5.41) is 20.0. The highest BCUT2D eigenvalue weighted by Gasteiger charge is 2.49. The van der Waals surface area contributed by atoms with E-state index in [0.717, 1.165) is 22.3 Å². The second-order valence-electron chi connectivity index (χ2n) is 11.6. The molecule has 1 aliphatic heterocycles. The Morgan fingerprint density at radius 3 is 2.23 bits per heavy atom. The fourth-order valence-corrected chi connectivity index (χ4v) is 6.34. The average Bonchev–Trinajstić information content (AvgIpc) is 3.33. The summed E-state index contributed by atoms with van der Waals surface area (Å²) < 4.78 is -0.595. The third kappa shape index (κ3) is 8.27. The molecule has 44 heavy (non-hydrogen) atoms. The first kappa shape index (κ1) is 32.8. The van der Waals surface area contributed by atoms with E-state index in [1.807, 2.05) is 75.4 Å². The molecule has 3 aromatic rings. The molecule has 3 atom stereocenters. The van der Waals surface area contributed by atoms with Crippen LogP contribution >= 0.6 is 11.8 Å². The number of aryl methyl sites for hydroxylation is 1. The number of thioether (sulfide) groups is 1. The van der Waals surface area contributed by atoms with Gasteiger partial charge in [-0.05, 0) is 61.6 Å². The van der Waals surface area contributed by atoms with Crippen LogP contribution in [-0.4, -0.2) is 62.4 Å². The van der Waals surface area contributed by atoms with E-state index >= 15 is 0 Å². The zero-order valence-electron chi connectivity index (χ0n) is 25.5. The van der Waals surface area contributed by atoms with Gasteiger partial charge in [0.15, 0.2) is 6.10 Å². The van der Waals surface area contributed by atoms with Gasteiger partial charge in [-0.1, -0.05) is 66.7 Å². The van der Waals surface area contributed by atoms with Crippen LogP contribution in [0.1, 0.15) is 53.4 Å². The molecule has 0 spiro atoms. The Morgan fingerprint density at radius 2 is 1.57 bits per heavy atom. The molecule has 1 saturated heterocycles. The van der Waals surface area contributed by atoms with Gasteiger partial charge in [-0.3, -0.25) is 19.2 Å². The SMILES string of the molecule is CC(=O)NCc1ccc(C(=O)N[C@@H](Cc2ccccc2)[C@H](O)C(=O)N2CSC(C)(C)[C@H]2C(=O)NCc2ccccc2C)cc1. The predicted octanol–water partition coefficient (Wildman–Crippen LogP) is 3.33. The van der Waals surface area contributed by atoms with E-state index in [1.54, 1.807) is 24.3 Å². The summed E-state index contributed by atoms with van der Waals surface area (Å²) in [6, 6.07) is 22.0. The Labute approximate surface area is 262 Å². The average molecular weight is 617 g/mol. The van der Waals surface area contributed by atoms with Crippen molar-refractivity contribution >= 4 is 35.4 Å². The van der Waals surface area contributed by atoms with Crippen molar-refractivity contribution in [1.82, 2.24) is 20.9 Å². The van der Waals surface area contributed by atoms with E-state index < -0.39 is 34.7 Å². The van der Waals surface area contributed by atoms with Crippen LogP contribution in [0.4, 0.5) is 0 Å². The van der Waals surface area contributed by atoms with E-state index in [9.17, 15) is 24.3 Å². The summed E-state index contributed by atoms with van der Waals surface area (Å²) in [4.78, 5) is 53.4. The van der Waals surface area contributed by atoms with Gasteiger partial charge in [-0.25, -0.2) is 0 Å². The van der Waals surface area contributed by atoms with Crippen LogP contribution in [0.15, 0.2) is 78.9 Å². The van der Waals surface area contributed by atoms with E-state index in [0.29, 0.717) is 18.7 Å². The number of rotatable bonds is 11. The Bertz CT molecular complexity index is 1480. The highest BCUT2D eigenvalue weighted by Crippen LogP contribution is 2.40. The van der Waals surface area contributed by atoms with Gasteiger partial charge < -0.3 is 26.0 Å². The summed E-state index contributed by atoms with van der Waals surface area (Å²) in [6.07, 6.45) is -1.39. The lowest BCUT2D eigenvalue weighted by atomic mass is 9.96. The number of nitrogens with one attached hydrogen (secondary N) is 3. The van der Waals surface area contributed by atoms with Gasteiger partial charge >= 0.3 is 0 Å². The summed E-state index contributed by atoms with van der Waals surface area (Å²) in [6.45, 7) is 7.89. The lowest BCUT2D eigenvalue weighted by molar-refractivity contribution is -0.147. The molecule has 4 N–H and O–H groups in total. The van der Waals surface area contributed by atoms with Crippen molar-refractivity contribution in [1.29, 1.82) is 0 Å². The van der Waals surface area contributed by atoms with E-state index in [4.69, 9.17) is 0 Å². The minimum absolute atomic E-state index is 0.153. The molecule has 0 radical (unpaired) electrons. The lowest BCUT2D eigenvalue weighted by Crippen LogP contribution is -2.58. The largest absolute Gasteiger partial charge is 0.381 e. The van der Waals surface area contributed by atoms with Crippen LogP contribution in [0, 0.1) is 6.92 Å². The van der Waals surface area contributed by atoms with Crippen LogP contribution in [0.2, 0.25) is 0 Å². The van der Waals surface area contributed by atoms with Gasteiger partial charge in [0.25, 0.3) is 11.8 Å². The number of carbonyl (C=O) groups excluding carboxylic acids is 4. The van der Waals surface area contributed by atoms with E-state index in [1.165, 1.54) is 23.6 Å². The maximum absolute atomic E-state index is 13.9. The molecule has 9 nitrogen and oxygen atoms in total. The molecule has 0 aromatic heterocycles. The number of nitrogens with zero attached hydrogens (tertiary/aromatic N) is 1. The monoisotopic (exact) mass is 616 g/mol. The number of aliphatic hydroxyl groups is 1. The van der Waals surface area contributed by atoms with E-state index in [-0.39, 0.29) is 24.1 Å². The van der Waals surface area contributed by atoms with Gasteiger partial charge in [0.2, 0.25) is 11.8 Å². The summed E-state index contributed by atoms with van der Waals surface area (Å²) in [5.74, 6) is -1.29. The molecule has 0 aliphatic carbocycles. The van der Waals surface area contributed by atoms with Gasteiger partial charge in [0.05, 0.1) is 11.9 Å². The molecule has 0 unspecified atom stereocenters. The minimum Gasteiger partial charge on any atom is -0.381 e. The first-order chi connectivity index (χ1) is 21.0. The summed E-state index contributed by atoms with van der Waals surface area (Å²) in [5.41, 5.74) is 4.04. The summed E-state index contributed by atoms with van der Waals surface area (Å²) in [7, 11) is 0. The van der Waals surface area contributed by atoms with E-state index in [2.05, 4.69) is 16.0 Å².